The highest BCUT2D eigenvalue weighted by Crippen LogP contribution is 1.80. The van der Waals surface area contributed by atoms with Crippen molar-refractivity contribution < 1.29 is 10.1 Å². The van der Waals surface area contributed by atoms with Crippen molar-refractivity contribution in [3.63, 3.8) is 0 Å². The highest BCUT2D eigenvalue weighted by Gasteiger charge is 2.08. The number of hydrogen-bond donors (Lipinski definition) is 4. The standard InChI is InChI=1S/2C2H5N5O3/c2*1-6(5-8)2(3)4-7(9)10/h2*1H3,(H2,3,4). The lowest BCUT2D eigenvalue weighted by molar-refractivity contribution is -0.526. The number of nitro groups is 2. The van der Waals surface area contributed by atoms with E-state index < -0.39 is 22.0 Å². The van der Waals surface area contributed by atoms with Crippen LogP contribution in [0.4, 0.5) is 0 Å². The van der Waals surface area contributed by atoms with Gasteiger partial charge in [-0.25, -0.2) is 20.2 Å². The van der Waals surface area contributed by atoms with Crippen molar-refractivity contribution in [1.29, 1.82) is 10.8 Å². The molecule has 0 amide bonds. The average molecular weight is 294 g/mol. The van der Waals surface area contributed by atoms with E-state index in [0.717, 1.165) is 14.1 Å². The lowest BCUT2D eigenvalue weighted by Crippen LogP contribution is -2.38. The summed E-state index contributed by atoms with van der Waals surface area (Å²) in [6, 6.07) is 0. The molecule has 0 aromatic heterocycles. The van der Waals surface area contributed by atoms with E-state index in [2.05, 4.69) is 10.6 Å². The SMILES string of the molecule is CN(N=O)C(=N)N[N+](=O)[O-].CN(N=O)C(=N)N[N+](=O)[O-]. The predicted octanol–water partition coefficient (Wildman–Crippen LogP) is -1.37. The summed E-state index contributed by atoms with van der Waals surface area (Å²) in [5, 5.41) is 36.2. The zero-order valence-corrected chi connectivity index (χ0v) is 10.1. The normalized spacial score (nSPS) is 8.10. The van der Waals surface area contributed by atoms with Crippen LogP contribution in [0.3, 0.4) is 0 Å². The summed E-state index contributed by atoms with van der Waals surface area (Å²) in [6.45, 7) is 0. The number of rotatable bonds is 4. The van der Waals surface area contributed by atoms with E-state index in [-0.39, 0.29) is 0 Å². The van der Waals surface area contributed by atoms with Crippen LogP contribution in [0.2, 0.25) is 0 Å². The van der Waals surface area contributed by atoms with Gasteiger partial charge in [0, 0.05) is 14.1 Å². The van der Waals surface area contributed by atoms with Crippen LogP contribution >= 0.6 is 0 Å². The van der Waals surface area contributed by atoms with Crippen molar-refractivity contribution in [2.24, 2.45) is 10.6 Å². The smallest absolute Gasteiger partial charge is 0.263 e. The third-order valence-corrected chi connectivity index (χ3v) is 1.29. The van der Waals surface area contributed by atoms with Gasteiger partial charge in [-0.3, -0.25) is 10.8 Å². The fourth-order valence-electron chi connectivity index (χ4n) is 0.399. The number of guanidine groups is 2. The van der Waals surface area contributed by atoms with E-state index in [1.165, 1.54) is 10.9 Å². The summed E-state index contributed by atoms with van der Waals surface area (Å²) < 4.78 is 0. The Morgan fingerprint density at radius 1 is 0.950 bits per heavy atom. The zero-order valence-electron chi connectivity index (χ0n) is 10.1. The quantitative estimate of drug-likeness (QED) is 0.156. The molecule has 0 saturated heterocycles. The first kappa shape index (κ1) is 18.9. The molecule has 0 aromatic rings. The van der Waals surface area contributed by atoms with Gasteiger partial charge < -0.3 is 0 Å². The summed E-state index contributed by atoms with van der Waals surface area (Å²) in [5.74, 6) is -1.36. The van der Waals surface area contributed by atoms with E-state index in [1.807, 2.05) is 0 Å². The fraction of sp³-hybridized carbons (Fsp3) is 0.500. The van der Waals surface area contributed by atoms with Crippen LogP contribution in [0, 0.1) is 40.9 Å². The predicted molar refractivity (Wildman–Crippen MR) is 62.8 cm³/mol. The van der Waals surface area contributed by atoms with Crippen molar-refractivity contribution >= 4 is 11.9 Å². The molecule has 0 atom stereocenters. The molecule has 0 radical (unpaired) electrons. The second kappa shape index (κ2) is 9.56. The van der Waals surface area contributed by atoms with Gasteiger partial charge >= 0.3 is 0 Å². The first-order valence-electron chi connectivity index (χ1n) is 4.28. The molecule has 0 aliphatic heterocycles. The highest BCUT2D eigenvalue weighted by atomic mass is 16.7. The van der Waals surface area contributed by atoms with Crippen molar-refractivity contribution in [2.75, 3.05) is 14.1 Å². The lowest BCUT2D eigenvalue weighted by atomic mass is 10.9. The molecule has 0 aliphatic rings. The molecule has 0 rings (SSSR count). The first-order valence-corrected chi connectivity index (χ1v) is 4.28. The molecule has 112 valence electrons. The number of nitroso groups, excluding NO2 is 2. The lowest BCUT2D eigenvalue weighted by Gasteiger charge is -2.04. The number of nitrogens with one attached hydrogen (secondary N) is 4. The second-order valence-corrected chi connectivity index (χ2v) is 2.65. The van der Waals surface area contributed by atoms with Gasteiger partial charge in [-0.1, -0.05) is 10.9 Å². The molecule has 0 saturated carbocycles. The molecule has 0 bridgehead atoms. The third kappa shape index (κ3) is 9.74. The average Bonchev–Trinajstić information content (AvgIpc) is 2.35. The van der Waals surface area contributed by atoms with Crippen LogP contribution in [-0.2, 0) is 0 Å². The maximum Gasteiger partial charge on any atom is 0.276 e. The Hall–Kier alpha value is -3.46. The van der Waals surface area contributed by atoms with Crippen LogP contribution in [-0.4, -0.2) is 46.1 Å². The maximum absolute atomic E-state index is 9.61. The third-order valence-electron chi connectivity index (χ3n) is 1.29. The molecule has 0 aromatic carbocycles. The fourth-order valence-corrected chi connectivity index (χ4v) is 0.399. The van der Waals surface area contributed by atoms with Crippen molar-refractivity contribution in [2.45, 2.75) is 0 Å². The Morgan fingerprint density at radius 2 is 1.20 bits per heavy atom. The minimum atomic E-state index is -0.954. The van der Waals surface area contributed by atoms with Gasteiger partial charge in [0.05, 0.1) is 10.6 Å². The van der Waals surface area contributed by atoms with Crippen LogP contribution in [0.15, 0.2) is 10.6 Å². The Kier molecular flexibility index (Phi) is 9.03. The van der Waals surface area contributed by atoms with Crippen LogP contribution < -0.4 is 10.9 Å². The Bertz CT molecular complexity index is 371. The number of nitrogens with zero attached hydrogens (tertiary/aromatic N) is 6. The summed E-state index contributed by atoms with van der Waals surface area (Å²) >= 11 is 0. The Balaban J connectivity index is 0. The summed E-state index contributed by atoms with van der Waals surface area (Å²) in [4.78, 5) is 38.4. The molecular formula is C4H10N10O6. The van der Waals surface area contributed by atoms with Crippen molar-refractivity contribution in [3.8, 4) is 0 Å². The van der Waals surface area contributed by atoms with Crippen molar-refractivity contribution in [1.82, 2.24) is 20.9 Å². The maximum atomic E-state index is 9.61. The van der Waals surface area contributed by atoms with E-state index in [1.54, 1.807) is 0 Å². The van der Waals surface area contributed by atoms with E-state index in [9.17, 15) is 30.0 Å². The van der Waals surface area contributed by atoms with Gasteiger partial charge in [0.2, 0.25) is 0 Å². The molecule has 4 N–H and O–H groups in total. The van der Waals surface area contributed by atoms with E-state index in [0.29, 0.717) is 10.0 Å². The van der Waals surface area contributed by atoms with Crippen molar-refractivity contribution in [3.05, 3.63) is 30.0 Å². The van der Waals surface area contributed by atoms with Gasteiger partial charge in [-0.2, -0.15) is 10.0 Å². The summed E-state index contributed by atoms with van der Waals surface area (Å²) in [6.07, 6.45) is 0. The van der Waals surface area contributed by atoms with Gasteiger partial charge in [-0.05, 0) is 0 Å². The summed E-state index contributed by atoms with van der Waals surface area (Å²) in [5.41, 5.74) is 2.86. The van der Waals surface area contributed by atoms with Gasteiger partial charge in [-0.15, -0.1) is 9.81 Å². The van der Waals surface area contributed by atoms with Gasteiger partial charge in [0.25, 0.3) is 11.9 Å². The van der Waals surface area contributed by atoms with E-state index >= 15 is 0 Å². The Labute approximate surface area is 109 Å². The van der Waals surface area contributed by atoms with Crippen LogP contribution in [0.1, 0.15) is 0 Å². The van der Waals surface area contributed by atoms with E-state index in [4.69, 9.17) is 10.8 Å². The monoisotopic (exact) mass is 294 g/mol. The zero-order chi connectivity index (χ0) is 16.3. The van der Waals surface area contributed by atoms with Crippen LogP contribution in [0.25, 0.3) is 0 Å². The molecule has 0 spiro atoms. The van der Waals surface area contributed by atoms with Gasteiger partial charge in [0.1, 0.15) is 0 Å². The van der Waals surface area contributed by atoms with Gasteiger partial charge in [0.15, 0.2) is 10.1 Å². The Morgan fingerprint density at radius 3 is 1.35 bits per heavy atom. The topological polar surface area (TPSA) is 223 Å². The molecule has 0 unspecified atom stereocenters. The molecule has 16 heteroatoms. The molecular weight excluding hydrogens is 284 g/mol. The first-order chi connectivity index (χ1) is 9.15. The van der Waals surface area contributed by atoms with Crippen LogP contribution in [0.5, 0.6) is 0 Å². The second-order valence-electron chi connectivity index (χ2n) is 2.65. The minimum absolute atomic E-state index is 0.489. The largest absolute Gasteiger partial charge is 0.276 e. The molecule has 16 nitrogen and oxygen atoms in total. The number of hydrogen-bond acceptors (Lipinski definition) is 10. The molecule has 20 heavy (non-hydrogen) atoms. The molecule has 0 aliphatic carbocycles. The molecule has 0 heterocycles. The minimum Gasteiger partial charge on any atom is -0.263 e. The summed E-state index contributed by atoms with van der Waals surface area (Å²) in [7, 11) is 2.23. The highest BCUT2D eigenvalue weighted by molar-refractivity contribution is 5.74. The molecule has 0 fully saturated rings. The number of hydrazine groups is 2.